The molecule has 7 nitrogen and oxygen atoms in total. The third-order valence-corrected chi connectivity index (χ3v) is 4.08. The number of hydrogen-bond acceptors (Lipinski definition) is 5. The fraction of sp³-hybridized carbons (Fsp3) is 0.105. The van der Waals surface area contributed by atoms with Crippen LogP contribution in [-0.4, -0.2) is 23.6 Å². The molecular weight excluding hydrogens is 405 g/mol. The molecule has 144 valence electrons. The van der Waals surface area contributed by atoms with Crippen LogP contribution in [0.2, 0.25) is 10.0 Å². The van der Waals surface area contributed by atoms with E-state index in [1.54, 1.807) is 49.4 Å². The Labute approximate surface area is 170 Å². The van der Waals surface area contributed by atoms with Crippen molar-refractivity contribution in [3.05, 3.63) is 69.9 Å². The Kier molecular flexibility index (Phi) is 6.18. The van der Waals surface area contributed by atoms with E-state index < -0.39 is 0 Å². The molecule has 0 saturated heterocycles. The first-order valence-corrected chi connectivity index (χ1v) is 8.89. The summed E-state index contributed by atoms with van der Waals surface area (Å²) in [6, 6.07) is 12.7. The fourth-order valence-electron chi connectivity index (χ4n) is 2.25. The zero-order valence-corrected chi connectivity index (χ0v) is 16.2. The van der Waals surface area contributed by atoms with Crippen LogP contribution >= 0.6 is 23.2 Å². The molecule has 2 aromatic carbocycles. The second-order valence-corrected chi connectivity index (χ2v) is 6.61. The number of benzene rings is 2. The van der Waals surface area contributed by atoms with Crippen LogP contribution in [0.25, 0.3) is 0 Å². The van der Waals surface area contributed by atoms with E-state index in [0.717, 1.165) is 0 Å². The van der Waals surface area contributed by atoms with Gasteiger partial charge in [-0.2, -0.15) is 0 Å². The Bertz CT molecular complexity index is 1000. The minimum absolute atomic E-state index is 0.227. The Balaban J connectivity index is 1.53. The summed E-state index contributed by atoms with van der Waals surface area (Å²) in [4.78, 5) is 24.2. The molecule has 2 amide bonds. The van der Waals surface area contributed by atoms with Crippen molar-refractivity contribution in [1.82, 2.24) is 5.16 Å². The smallest absolute Gasteiger partial charge is 0.262 e. The van der Waals surface area contributed by atoms with E-state index >= 15 is 0 Å². The number of halogens is 2. The number of amides is 2. The summed E-state index contributed by atoms with van der Waals surface area (Å²) in [6.45, 7) is 1.50. The molecule has 9 heteroatoms. The van der Waals surface area contributed by atoms with Crippen LogP contribution in [0.5, 0.6) is 5.75 Å². The predicted molar refractivity (Wildman–Crippen MR) is 106 cm³/mol. The van der Waals surface area contributed by atoms with Crippen LogP contribution in [-0.2, 0) is 4.79 Å². The summed E-state index contributed by atoms with van der Waals surface area (Å²) in [5, 5.41) is 9.78. The molecule has 0 unspecified atom stereocenters. The molecule has 0 atom stereocenters. The lowest BCUT2D eigenvalue weighted by Gasteiger charge is -2.09. The van der Waals surface area contributed by atoms with E-state index in [0.29, 0.717) is 38.6 Å². The van der Waals surface area contributed by atoms with Crippen LogP contribution in [0.1, 0.15) is 16.1 Å². The quantitative estimate of drug-likeness (QED) is 0.610. The number of nitrogens with one attached hydrogen (secondary N) is 2. The monoisotopic (exact) mass is 419 g/mol. The molecule has 0 aliphatic carbocycles. The highest BCUT2D eigenvalue weighted by Crippen LogP contribution is 2.27. The maximum Gasteiger partial charge on any atom is 0.262 e. The molecule has 1 aromatic heterocycles. The number of carbonyl (C=O) groups is 2. The van der Waals surface area contributed by atoms with E-state index in [4.69, 9.17) is 32.5 Å². The van der Waals surface area contributed by atoms with Crippen LogP contribution in [0, 0.1) is 6.92 Å². The van der Waals surface area contributed by atoms with E-state index in [-0.39, 0.29) is 18.4 Å². The average Bonchev–Trinajstić information content (AvgIpc) is 3.06. The Morgan fingerprint density at radius 2 is 1.82 bits per heavy atom. The van der Waals surface area contributed by atoms with Crippen molar-refractivity contribution in [2.75, 3.05) is 17.2 Å². The van der Waals surface area contributed by atoms with Gasteiger partial charge in [-0.15, -0.1) is 0 Å². The highest BCUT2D eigenvalue weighted by molar-refractivity contribution is 6.35. The maximum atomic E-state index is 12.2. The number of nitrogens with zero attached hydrogens (tertiary/aromatic N) is 1. The lowest BCUT2D eigenvalue weighted by molar-refractivity contribution is -0.118. The van der Waals surface area contributed by atoms with Gasteiger partial charge in [0, 0.05) is 22.3 Å². The van der Waals surface area contributed by atoms with Crippen LogP contribution in [0.4, 0.5) is 11.5 Å². The molecule has 3 rings (SSSR count). The van der Waals surface area contributed by atoms with Crippen molar-refractivity contribution in [3.8, 4) is 5.75 Å². The van der Waals surface area contributed by atoms with Crippen LogP contribution in [0.3, 0.4) is 0 Å². The number of carbonyl (C=O) groups excluding carboxylic acids is 2. The normalized spacial score (nSPS) is 10.4. The van der Waals surface area contributed by atoms with Crippen molar-refractivity contribution in [3.63, 3.8) is 0 Å². The largest absolute Gasteiger partial charge is 0.482 e. The van der Waals surface area contributed by atoms with Crippen molar-refractivity contribution in [1.29, 1.82) is 0 Å². The number of anilines is 2. The molecule has 28 heavy (non-hydrogen) atoms. The van der Waals surface area contributed by atoms with E-state index in [9.17, 15) is 9.59 Å². The SMILES string of the molecule is Cc1cc(NC(=O)c2ccc(NC(=O)COc3ccc(Cl)cc3Cl)cc2)no1. The Morgan fingerprint density at radius 3 is 2.46 bits per heavy atom. The maximum absolute atomic E-state index is 12.2. The number of aromatic nitrogens is 1. The first-order chi connectivity index (χ1) is 13.4. The van der Waals surface area contributed by atoms with Gasteiger partial charge < -0.3 is 19.9 Å². The van der Waals surface area contributed by atoms with Gasteiger partial charge in [-0.1, -0.05) is 28.4 Å². The molecule has 1 heterocycles. The summed E-state index contributed by atoms with van der Waals surface area (Å²) in [5.41, 5.74) is 0.924. The fourth-order valence-corrected chi connectivity index (χ4v) is 2.71. The number of hydrogen-bond donors (Lipinski definition) is 2. The molecule has 0 spiro atoms. The topological polar surface area (TPSA) is 93.5 Å². The number of aryl methyl sites for hydroxylation is 1. The molecule has 0 saturated carbocycles. The Morgan fingerprint density at radius 1 is 1.07 bits per heavy atom. The van der Waals surface area contributed by atoms with Crippen molar-refractivity contribution in [2.24, 2.45) is 0 Å². The highest BCUT2D eigenvalue weighted by atomic mass is 35.5. The first-order valence-electron chi connectivity index (χ1n) is 8.13. The highest BCUT2D eigenvalue weighted by Gasteiger charge is 2.10. The van der Waals surface area contributed by atoms with Gasteiger partial charge in [0.25, 0.3) is 11.8 Å². The molecule has 0 radical (unpaired) electrons. The Hall–Kier alpha value is -3.03. The van der Waals surface area contributed by atoms with Gasteiger partial charge in [-0.3, -0.25) is 9.59 Å². The molecular formula is C19H15Cl2N3O4. The molecule has 0 fully saturated rings. The predicted octanol–water partition coefficient (Wildman–Crippen LogP) is 4.56. The number of rotatable bonds is 6. The standard InChI is InChI=1S/C19H15Cl2N3O4/c1-11-8-17(24-28-11)23-19(26)12-2-5-14(6-3-12)22-18(25)10-27-16-7-4-13(20)9-15(16)21/h2-9H,10H2,1H3,(H,22,25)(H,23,24,26). The zero-order chi connectivity index (χ0) is 20.1. The van der Waals surface area contributed by atoms with Gasteiger partial charge in [0.15, 0.2) is 12.4 Å². The molecule has 0 aliphatic rings. The van der Waals surface area contributed by atoms with E-state index in [1.165, 1.54) is 6.07 Å². The first kappa shape index (κ1) is 19.7. The van der Waals surface area contributed by atoms with Gasteiger partial charge >= 0.3 is 0 Å². The zero-order valence-electron chi connectivity index (χ0n) is 14.7. The summed E-state index contributed by atoms with van der Waals surface area (Å²) in [6.07, 6.45) is 0. The lowest BCUT2D eigenvalue weighted by Crippen LogP contribution is -2.20. The van der Waals surface area contributed by atoms with E-state index in [1.807, 2.05) is 0 Å². The molecule has 0 bridgehead atoms. The van der Waals surface area contributed by atoms with Gasteiger partial charge in [0.1, 0.15) is 11.5 Å². The van der Waals surface area contributed by atoms with Crippen molar-refractivity contribution < 1.29 is 18.8 Å². The summed E-state index contributed by atoms with van der Waals surface area (Å²) in [5.74, 6) is 0.567. The number of ether oxygens (including phenoxy) is 1. The minimum Gasteiger partial charge on any atom is -0.482 e. The van der Waals surface area contributed by atoms with Gasteiger partial charge in [-0.05, 0) is 49.4 Å². The summed E-state index contributed by atoms with van der Waals surface area (Å²) in [7, 11) is 0. The molecule has 3 aromatic rings. The van der Waals surface area contributed by atoms with E-state index in [2.05, 4.69) is 15.8 Å². The van der Waals surface area contributed by atoms with Gasteiger partial charge in [0.05, 0.1) is 5.02 Å². The van der Waals surface area contributed by atoms with Crippen molar-refractivity contribution >= 4 is 46.5 Å². The summed E-state index contributed by atoms with van der Waals surface area (Å²) >= 11 is 11.8. The van der Waals surface area contributed by atoms with Gasteiger partial charge in [0.2, 0.25) is 0 Å². The summed E-state index contributed by atoms with van der Waals surface area (Å²) < 4.78 is 10.3. The minimum atomic E-state index is -0.374. The van der Waals surface area contributed by atoms with Crippen LogP contribution < -0.4 is 15.4 Å². The third kappa shape index (κ3) is 5.25. The van der Waals surface area contributed by atoms with Crippen molar-refractivity contribution in [2.45, 2.75) is 6.92 Å². The second kappa shape index (κ2) is 8.77. The molecule has 2 N–H and O–H groups in total. The average molecular weight is 420 g/mol. The lowest BCUT2D eigenvalue weighted by atomic mass is 10.2. The van der Waals surface area contributed by atoms with Gasteiger partial charge in [-0.25, -0.2) is 0 Å². The third-order valence-electron chi connectivity index (χ3n) is 3.55. The van der Waals surface area contributed by atoms with Crippen LogP contribution in [0.15, 0.2) is 53.1 Å². The second-order valence-electron chi connectivity index (χ2n) is 5.77. The molecule has 0 aliphatic heterocycles.